The van der Waals surface area contributed by atoms with E-state index >= 15 is 0 Å². The summed E-state index contributed by atoms with van der Waals surface area (Å²) in [6.07, 6.45) is -4.47. The fraction of sp³-hybridized carbons (Fsp3) is 0.400. The normalized spacial score (nSPS) is 11.4. The van der Waals surface area contributed by atoms with Gasteiger partial charge in [-0.15, -0.1) is 0 Å². The van der Waals surface area contributed by atoms with Crippen LogP contribution in [0, 0.1) is 10.1 Å². The van der Waals surface area contributed by atoms with Crippen LogP contribution in [0.25, 0.3) is 0 Å². The molecule has 19 heavy (non-hydrogen) atoms. The Morgan fingerprint density at radius 1 is 1.42 bits per heavy atom. The maximum absolute atomic E-state index is 12.4. The van der Waals surface area contributed by atoms with Gasteiger partial charge >= 0.3 is 6.18 Å². The minimum Gasteiger partial charge on any atom is -0.395 e. The summed E-state index contributed by atoms with van der Waals surface area (Å²) in [5.41, 5.74) is -0.330. The molecule has 0 fully saturated rings. The molecule has 5 nitrogen and oxygen atoms in total. The van der Waals surface area contributed by atoms with Gasteiger partial charge in [0.05, 0.1) is 22.2 Å². The lowest BCUT2D eigenvalue weighted by Gasteiger charge is -2.25. The minimum absolute atomic E-state index is 0.0151. The molecule has 1 rings (SSSR count). The first kappa shape index (κ1) is 15.5. The summed E-state index contributed by atoms with van der Waals surface area (Å²) in [5, 5.41) is 19.1. The van der Waals surface area contributed by atoms with E-state index in [2.05, 4.69) is 0 Å². The van der Waals surface area contributed by atoms with Crippen LogP contribution < -0.4 is 4.90 Å². The van der Waals surface area contributed by atoms with Gasteiger partial charge in [-0.3, -0.25) is 10.1 Å². The molecule has 0 aliphatic carbocycles. The topological polar surface area (TPSA) is 66.6 Å². The summed E-state index contributed by atoms with van der Waals surface area (Å²) in [5.74, 6) is 0. The van der Waals surface area contributed by atoms with E-state index in [0.717, 1.165) is 23.1 Å². The monoisotopic (exact) mass is 298 g/mol. The first-order valence-corrected chi connectivity index (χ1v) is 5.49. The summed E-state index contributed by atoms with van der Waals surface area (Å²) in [6.45, 7) is -2.08. The minimum atomic E-state index is -4.47. The van der Waals surface area contributed by atoms with Crippen molar-refractivity contribution in [3.05, 3.63) is 33.3 Å². The molecular weight excluding hydrogens is 289 g/mol. The number of hydrogen-bond acceptors (Lipinski definition) is 4. The largest absolute Gasteiger partial charge is 0.405 e. The molecule has 9 heteroatoms. The molecule has 1 aromatic carbocycles. The first-order valence-electron chi connectivity index (χ1n) is 5.11. The molecule has 0 unspecified atom stereocenters. The molecule has 0 spiro atoms. The molecule has 0 aliphatic rings. The van der Waals surface area contributed by atoms with E-state index in [1.54, 1.807) is 0 Å². The summed E-state index contributed by atoms with van der Waals surface area (Å²) in [4.78, 5) is 10.6. The van der Waals surface area contributed by atoms with Crippen LogP contribution in [0.1, 0.15) is 0 Å². The van der Waals surface area contributed by atoms with Gasteiger partial charge in [0.15, 0.2) is 0 Å². The average molecular weight is 299 g/mol. The number of aliphatic hydroxyl groups excluding tert-OH is 1. The van der Waals surface area contributed by atoms with Crippen LogP contribution in [-0.2, 0) is 0 Å². The molecule has 0 saturated carbocycles. The van der Waals surface area contributed by atoms with Crippen molar-refractivity contribution in [2.24, 2.45) is 0 Å². The zero-order chi connectivity index (χ0) is 14.6. The maximum atomic E-state index is 12.4. The molecule has 0 bridgehead atoms. The van der Waals surface area contributed by atoms with Gasteiger partial charge in [0.25, 0.3) is 5.69 Å². The molecule has 1 N–H and O–H groups in total. The van der Waals surface area contributed by atoms with Crippen molar-refractivity contribution >= 4 is 23.0 Å². The van der Waals surface area contributed by atoms with Gasteiger partial charge in [-0.25, -0.2) is 0 Å². The number of rotatable bonds is 5. The van der Waals surface area contributed by atoms with Gasteiger partial charge in [0.1, 0.15) is 6.54 Å². The van der Waals surface area contributed by atoms with Gasteiger partial charge < -0.3 is 10.0 Å². The van der Waals surface area contributed by atoms with Gasteiger partial charge in [0, 0.05) is 18.7 Å². The zero-order valence-electron chi connectivity index (χ0n) is 9.52. The third-order valence-electron chi connectivity index (χ3n) is 2.22. The average Bonchev–Trinajstić information content (AvgIpc) is 2.26. The lowest BCUT2D eigenvalue weighted by atomic mass is 10.2. The third kappa shape index (κ3) is 4.56. The van der Waals surface area contributed by atoms with Crippen molar-refractivity contribution in [3.63, 3.8) is 0 Å². The van der Waals surface area contributed by atoms with E-state index in [9.17, 15) is 23.3 Å². The van der Waals surface area contributed by atoms with Gasteiger partial charge in [0.2, 0.25) is 0 Å². The molecule has 0 aliphatic heterocycles. The smallest absolute Gasteiger partial charge is 0.395 e. The Labute approximate surface area is 111 Å². The number of alkyl halides is 3. The molecule has 0 heterocycles. The Bertz CT molecular complexity index is 468. The SMILES string of the molecule is O=[N+]([O-])c1ccc(N(CCO)CC(F)(F)F)c(Cl)c1. The van der Waals surface area contributed by atoms with Crippen LogP contribution in [0.2, 0.25) is 5.02 Å². The Balaban J connectivity index is 3.06. The predicted molar refractivity (Wildman–Crippen MR) is 63.5 cm³/mol. The van der Waals surface area contributed by atoms with E-state index < -0.39 is 24.3 Å². The number of halogens is 4. The van der Waals surface area contributed by atoms with Crippen LogP contribution in [0.15, 0.2) is 18.2 Å². The van der Waals surface area contributed by atoms with E-state index in [1.165, 1.54) is 0 Å². The van der Waals surface area contributed by atoms with E-state index in [0.29, 0.717) is 0 Å². The highest BCUT2D eigenvalue weighted by atomic mass is 35.5. The Morgan fingerprint density at radius 2 is 2.05 bits per heavy atom. The lowest BCUT2D eigenvalue weighted by Crippen LogP contribution is -2.36. The summed E-state index contributed by atoms with van der Waals surface area (Å²) >= 11 is 5.74. The number of nitrogens with zero attached hydrogens (tertiary/aromatic N) is 2. The summed E-state index contributed by atoms with van der Waals surface area (Å²) in [7, 11) is 0. The van der Waals surface area contributed by atoms with Crippen molar-refractivity contribution in [1.82, 2.24) is 0 Å². The first-order chi connectivity index (χ1) is 8.74. The molecule has 0 atom stereocenters. The number of non-ortho nitro benzene ring substituents is 1. The maximum Gasteiger partial charge on any atom is 0.405 e. The molecule has 0 radical (unpaired) electrons. The Kier molecular flexibility index (Phi) is 4.96. The highest BCUT2D eigenvalue weighted by Crippen LogP contribution is 2.31. The highest BCUT2D eigenvalue weighted by Gasteiger charge is 2.31. The van der Waals surface area contributed by atoms with E-state index in [4.69, 9.17) is 16.7 Å². The Morgan fingerprint density at radius 3 is 2.47 bits per heavy atom. The number of hydrogen-bond donors (Lipinski definition) is 1. The quantitative estimate of drug-likeness (QED) is 0.670. The molecule has 1 aromatic rings. The summed E-state index contributed by atoms with van der Waals surface area (Å²) in [6, 6.07) is 3.15. The zero-order valence-corrected chi connectivity index (χ0v) is 10.3. The van der Waals surface area contributed by atoms with Crippen LogP contribution in [-0.4, -0.2) is 35.9 Å². The van der Waals surface area contributed by atoms with Gasteiger partial charge in [-0.2, -0.15) is 13.2 Å². The van der Waals surface area contributed by atoms with Crippen LogP contribution in [0.4, 0.5) is 24.5 Å². The van der Waals surface area contributed by atoms with Gasteiger partial charge in [-0.05, 0) is 6.07 Å². The van der Waals surface area contributed by atoms with Crippen molar-refractivity contribution in [3.8, 4) is 0 Å². The molecule has 0 aromatic heterocycles. The van der Waals surface area contributed by atoms with Crippen molar-refractivity contribution in [2.75, 3.05) is 24.6 Å². The standard InChI is InChI=1S/C10H10ClF3N2O3/c11-8-5-7(16(18)19)1-2-9(8)15(3-4-17)6-10(12,13)14/h1-2,5,17H,3-4,6H2. The van der Waals surface area contributed by atoms with Gasteiger partial charge in [-0.1, -0.05) is 11.6 Å². The van der Waals surface area contributed by atoms with Crippen LogP contribution in [0.5, 0.6) is 0 Å². The van der Waals surface area contributed by atoms with Crippen molar-refractivity contribution < 1.29 is 23.2 Å². The number of anilines is 1. The fourth-order valence-electron chi connectivity index (χ4n) is 1.49. The van der Waals surface area contributed by atoms with Crippen LogP contribution in [0.3, 0.4) is 0 Å². The molecule has 0 saturated heterocycles. The van der Waals surface area contributed by atoms with E-state index in [1.807, 2.05) is 0 Å². The summed E-state index contributed by atoms with van der Waals surface area (Å²) < 4.78 is 37.1. The van der Waals surface area contributed by atoms with Crippen LogP contribution >= 0.6 is 11.6 Å². The molecule has 106 valence electrons. The van der Waals surface area contributed by atoms with Crippen molar-refractivity contribution in [1.29, 1.82) is 0 Å². The second-order valence-corrected chi connectivity index (χ2v) is 4.06. The molecule has 0 amide bonds. The number of benzene rings is 1. The predicted octanol–water partition coefficient (Wildman–Crippen LogP) is 2.61. The van der Waals surface area contributed by atoms with Crippen molar-refractivity contribution in [2.45, 2.75) is 6.18 Å². The van der Waals surface area contributed by atoms with E-state index in [-0.39, 0.29) is 22.9 Å². The highest BCUT2D eigenvalue weighted by molar-refractivity contribution is 6.33. The second kappa shape index (κ2) is 6.07. The second-order valence-electron chi connectivity index (χ2n) is 3.65. The number of nitro groups is 1. The fourth-order valence-corrected chi connectivity index (χ4v) is 1.78. The Hall–Kier alpha value is -1.54. The number of nitro benzene ring substituents is 1. The number of aliphatic hydroxyl groups is 1. The third-order valence-corrected chi connectivity index (χ3v) is 2.53. The molecular formula is C10H10ClF3N2O3. The lowest BCUT2D eigenvalue weighted by molar-refractivity contribution is -0.384.